The summed E-state index contributed by atoms with van der Waals surface area (Å²) in [6.07, 6.45) is 3.05. The summed E-state index contributed by atoms with van der Waals surface area (Å²) in [5.74, 6) is -0.216. The molecular weight excluding hydrogens is 250 g/mol. The van der Waals surface area contributed by atoms with E-state index in [2.05, 4.69) is 20.7 Å². The van der Waals surface area contributed by atoms with Crippen LogP contribution in [0.5, 0.6) is 0 Å². The van der Waals surface area contributed by atoms with Crippen LogP contribution in [-0.2, 0) is 14.1 Å². The fourth-order valence-electron chi connectivity index (χ4n) is 1.53. The quantitative estimate of drug-likeness (QED) is 0.298. The Labute approximate surface area is 108 Å². The van der Waals surface area contributed by atoms with Crippen molar-refractivity contribution in [1.29, 1.82) is 0 Å². The summed E-state index contributed by atoms with van der Waals surface area (Å²) in [6, 6.07) is 1.58. The first-order valence-electron chi connectivity index (χ1n) is 5.34. The molecule has 100 valence electrons. The molecule has 0 spiro atoms. The van der Waals surface area contributed by atoms with Gasteiger partial charge in [0.05, 0.1) is 11.8 Å². The molecule has 2 aromatic rings. The Morgan fingerprint density at radius 3 is 2.84 bits per heavy atom. The second kappa shape index (κ2) is 4.80. The van der Waals surface area contributed by atoms with Crippen LogP contribution in [0.2, 0.25) is 0 Å². The molecule has 19 heavy (non-hydrogen) atoms. The highest BCUT2D eigenvalue weighted by Gasteiger charge is 2.17. The zero-order valence-corrected chi connectivity index (χ0v) is 10.4. The molecule has 0 saturated heterocycles. The fraction of sp³-hybridized carbons (Fsp3) is 0.200. The van der Waals surface area contributed by atoms with Crippen molar-refractivity contribution < 1.29 is 10.0 Å². The monoisotopic (exact) mass is 263 g/mol. The highest BCUT2D eigenvalue weighted by atomic mass is 16.4. The number of nitrogens with two attached hydrogens (primary N) is 1. The highest BCUT2D eigenvalue weighted by Crippen LogP contribution is 2.14. The second-order valence-corrected chi connectivity index (χ2v) is 3.84. The molecule has 0 atom stereocenters. The molecule has 9 nitrogen and oxygen atoms in total. The zero-order valence-electron chi connectivity index (χ0n) is 10.4. The standard InChI is InChI=1S/C10H13N7O2/c1-16-4-3-7(14-16)10(18)13-9-6(8(11)15-19)5-12-17(9)2/h3-5,19H,1-2H3,(H2,11,15)(H,13,18). The summed E-state index contributed by atoms with van der Waals surface area (Å²) in [4.78, 5) is 12.0. The van der Waals surface area contributed by atoms with Crippen molar-refractivity contribution in [3.05, 3.63) is 29.7 Å². The van der Waals surface area contributed by atoms with E-state index in [9.17, 15) is 4.79 Å². The van der Waals surface area contributed by atoms with E-state index in [0.717, 1.165) is 0 Å². The van der Waals surface area contributed by atoms with Gasteiger partial charge in [-0.2, -0.15) is 10.2 Å². The number of hydrogen-bond donors (Lipinski definition) is 3. The van der Waals surface area contributed by atoms with Gasteiger partial charge in [-0.15, -0.1) is 0 Å². The van der Waals surface area contributed by atoms with Crippen LogP contribution in [0.1, 0.15) is 16.1 Å². The van der Waals surface area contributed by atoms with Crippen LogP contribution in [0.15, 0.2) is 23.6 Å². The number of amides is 1. The number of carbonyl (C=O) groups is 1. The maximum absolute atomic E-state index is 12.0. The van der Waals surface area contributed by atoms with Gasteiger partial charge in [-0.25, -0.2) is 0 Å². The van der Waals surface area contributed by atoms with Gasteiger partial charge >= 0.3 is 0 Å². The summed E-state index contributed by atoms with van der Waals surface area (Å²) >= 11 is 0. The lowest BCUT2D eigenvalue weighted by molar-refractivity contribution is 0.102. The van der Waals surface area contributed by atoms with Gasteiger partial charge in [0.15, 0.2) is 11.5 Å². The molecule has 2 aromatic heterocycles. The Bertz CT molecular complexity index is 640. The summed E-state index contributed by atoms with van der Waals surface area (Å²) in [7, 11) is 3.34. The second-order valence-electron chi connectivity index (χ2n) is 3.84. The van der Waals surface area contributed by atoms with Gasteiger partial charge in [0.1, 0.15) is 5.82 Å². The largest absolute Gasteiger partial charge is 0.409 e. The third kappa shape index (κ3) is 2.39. The third-order valence-corrected chi connectivity index (χ3v) is 2.50. The molecule has 9 heteroatoms. The minimum atomic E-state index is -0.406. The maximum atomic E-state index is 12.0. The van der Waals surface area contributed by atoms with Gasteiger partial charge in [0.2, 0.25) is 0 Å². The van der Waals surface area contributed by atoms with Gasteiger partial charge < -0.3 is 16.3 Å². The van der Waals surface area contributed by atoms with E-state index >= 15 is 0 Å². The predicted molar refractivity (Wildman–Crippen MR) is 66.9 cm³/mol. The Morgan fingerprint density at radius 1 is 1.53 bits per heavy atom. The van der Waals surface area contributed by atoms with Gasteiger partial charge in [-0.1, -0.05) is 5.16 Å². The predicted octanol–water partition coefficient (Wildman–Crippen LogP) is -0.500. The summed E-state index contributed by atoms with van der Waals surface area (Å²) in [5.41, 5.74) is 6.09. The van der Waals surface area contributed by atoms with Gasteiger partial charge in [-0.05, 0) is 6.07 Å². The number of oxime groups is 1. The molecule has 0 fully saturated rings. The van der Waals surface area contributed by atoms with E-state index in [-0.39, 0.29) is 11.5 Å². The molecular formula is C10H13N7O2. The van der Waals surface area contributed by atoms with Crippen molar-refractivity contribution in [3.8, 4) is 0 Å². The van der Waals surface area contributed by atoms with Gasteiger partial charge in [0, 0.05) is 20.3 Å². The molecule has 4 N–H and O–H groups in total. The highest BCUT2D eigenvalue weighted by molar-refractivity contribution is 6.08. The minimum Gasteiger partial charge on any atom is -0.409 e. The van der Waals surface area contributed by atoms with Crippen LogP contribution in [0.3, 0.4) is 0 Å². The van der Waals surface area contributed by atoms with E-state index < -0.39 is 5.91 Å². The lowest BCUT2D eigenvalue weighted by atomic mass is 10.3. The average molecular weight is 263 g/mol. The number of carbonyl (C=O) groups excluding carboxylic acids is 1. The fourth-order valence-corrected chi connectivity index (χ4v) is 1.53. The van der Waals surface area contributed by atoms with Crippen molar-refractivity contribution in [1.82, 2.24) is 19.6 Å². The number of hydrogen-bond acceptors (Lipinski definition) is 5. The van der Waals surface area contributed by atoms with Crippen LogP contribution in [0, 0.1) is 0 Å². The molecule has 0 aromatic carbocycles. The zero-order chi connectivity index (χ0) is 14.0. The smallest absolute Gasteiger partial charge is 0.277 e. The first-order valence-corrected chi connectivity index (χ1v) is 5.34. The third-order valence-electron chi connectivity index (χ3n) is 2.50. The van der Waals surface area contributed by atoms with Crippen molar-refractivity contribution in [2.75, 3.05) is 5.32 Å². The van der Waals surface area contributed by atoms with Gasteiger partial charge in [-0.3, -0.25) is 14.2 Å². The number of aryl methyl sites for hydroxylation is 2. The molecule has 0 saturated carbocycles. The Balaban J connectivity index is 2.29. The molecule has 0 aliphatic carbocycles. The molecule has 0 aliphatic rings. The van der Waals surface area contributed by atoms with Crippen LogP contribution in [-0.4, -0.2) is 36.5 Å². The Kier molecular flexibility index (Phi) is 3.19. The minimum absolute atomic E-state index is 0.135. The normalized spacial score (nSPS) is 11.6. The van der Waals surface area contributed by atoms with Crippen molar-refractivity contribution in [3.63, 3.8) is 0 Å². The average Bonchev–Trinajstić information content (AvgIpc) is 2.96. The van der Waals surface area contributed by atoms with E-state index in [0.29, 0.717) is 11.4 Å². The molecule has 0 bridgehead atoms. The van der Waals surface area contributed by atoms with Crippen LogP contribution < -0.4 is 11.1 Å². The van der Waals surface area contributed by atoms with Crippen molar-refractivity contribution in [2.45, 2.75) is 0 Å². The summed E-state index contributed by atoms with van der Waals surface area (Å²) in [5, 5.41) is 22.1. The molecule has 0 aliphatic heterocycles. The first kappa shape index (κ1) is 12.6. The maximum Gasteiger partial charge on any atom is 0.277 e. The number of rotatable bonds is 3. The lowest BCUT2D eigenvalue weighted by Crippen LogP contribution is -2.20. The van der Waals surface area contributed by atoms with Crippen LogP contribution in [0.25, 0.3) is 0 Å². The summed E-state index contributed by atoms with van der Waals surface area (Å²) < 4.78 is 2.93. The van der Waals surface area contributed by atoms with Crippen LogP contribution in [0.4, 0.5) is 5.82 Å². The Hall–Kier alpha value is -2.84. The number of amidine groups is 1. The number of aromatic nitrogens is 4. The topological polar surface area (TPSA) is 123 Å². The van der Waals surface area contributed by atoms with E-state index in [1.807, 2.05) is 0 Å². The van der Waals surface area contributed by atoms with Crippen molar-refractivity contribution >= 4 is 17.6 Å². The van der Waals surface area contributed by atoms with Crippen LogP contribution >= 0.6 is 0 Å². The number of nitrogens with zero attached hydrogens (tertiary/aromatic N) is 5. The van der Waals surface area contributed by atoms with E-state index in [4.69, 9.17) is 10.9 Å². The van der Waals surface area contributed by atoms with Crippen molar-refractivity contribution in [2.24, 2.45) is 25.0 Å². The molecule has 0 unspecified atom stereocenters. The molecule has 2 rings (SSSR count). The van der Waals surface area contributed by atoms with Gasteiger partial charge in [0.25, 0.3) is 5.91 Å². The number of nitrogens with one attached hydrogen (secondary N) is 1. The van der Waals surface area contributed by atoms with E-state index in [1.54, 1.807) is 26.4 Å². The lowest BCUT2D eigenvalue weighted by Gasteiger charge is -2.06. The molecule has 2 heterocycles. The molecule has 1 amide bonds. The molecule has 0 radical (unpaired) electrons. The SMILES string of the molecule is Cn1ccc(C(=O)Nc2c(/C(N)=N/O)cnn2C)n1. The Morgan fingerprint density at radius 2 is 2.26 bits per heavy atom. The van der Waals surface area contributed by atoms with E-state index in [1.165, 1.54) is 15.6 Å². The summed E-state index contributed by atoms with van der Waals surface area (Å²) in [6.45, 7) is 0. The number of anilines is 1. The first-order chi connectivity index (χ1) is 9.02.